The van der Waals surface area contributed by atoms with E-state index in [4.69, 9.17) is 4.42 Å². The highest BCUT2D eigenvalue weighted by molar-refractivity contribution is 5.93. The second-order valence-electron chi connectivity index (χ2n) is 6.07. The molecule has 1 aromatic carbocycles. The van der Waals surface area contributed by atoms with E-state index in [0.717, 1.165) is 29.6 Å². The topological polar surface area (TPSA) is 73.0 Å². The van der Waals surface area contributed by atoms with Crippen LogP contribution in [-0.2, 0) is 7.05 Å². The molecule has 1 fully saturated rings. The fraction of sp³-hybridized carbons (Fsp3) is 0.353. The van der Waals surface area contributed by atoms with Crippen LogP contribution in [0.3, 0.4) is 0 Å². The zero-order valence-electron chi connectivity index (χ0n) is 13.1. The number of oxazole rings is 1. The molecular weight excluding hydrogens is 292 g/mol. The number of hydrogen-bond donors (Lipinski definition) is 1. The zero-order valence-corrected chi connectivity index (χ0v) is 13.1. The number of fused-ring (bicyclic) bond motifs is 1. The van der Waals surface area contributed by atoms with Gasteiger partial charge in [-0.05, 0) is 38.0 Å². The second-order valence-corrected chi connectivity index (χ2v) is 6.07. The van der Waals surface area contributed by atoms with E-state index in [1.54, 1.807) is 11.7 Å². The van der Waals surface area contributed by atoms with E-state index in [1.807, 2.05) is 37.3 Å². The third-order valence-corrected chi connectivity index (χ3v) is 4.16. The summed E-state index contributed by atoms with van der Waals surface area (Å²) >= 11 is 0. The summed E-state index contributed by atoms with van der Waals surface area (Å²) in [7, 11) is 1.80. The molecule has 0 bridgehead atoms. The Morgan fingerprint density at radius 2 is 2.17 bits per heavy atom. The van der Waals surface area contributed by atoms with Crippen LogP contribution in [0.15, 0.2) is 34.7 Å². The Hall–Kier alpha value is -2.63. The van der Waals surface area contributed by atoms with Gasteiger partial charge in [-0.25, -0.2) is 4.98 Å². The number of amides is 1. The van der Waals surface area contributed by atoms with Crippen molar-refractivity contribution in [2.45, 2.75) is 31.7 Å². The molecule has 2 aromatic heterocycles. The van der Waals surface area contributed by atoms with Gasteiger partial charge in [0.25, 0.3) is 5.91 Å². The summed E-state index contributed by atoms with van der Waals surface area (Å²) in [5.41, 5.74) is 3.09. The summed E-state index contributed by atoms with van der Waals surface area (Å²) in [6.07, 6.45) is 2.33. The number of benzene rings is 1. The van der Waals surface area contributed by atoms with E-state index in [1.165, 1.54) is 0 Å². The smallest absolute Gasteiger partial charge is 0.270 e. The first-order valence-electron chi connectivity index (χ1n) is 7.82. The summed E-state index contributed by atoms with van der Waals surface area (Å²) in [6, 6.07) is 9.13. The van der Waals surface area contributed by atoms with E-state index in [9.17, 15) is 4.79 Å². The molecule has 4 rings (SSSR count). The number of nitrogens with zero attached hydrogens (tertiary/aromatic N) is 3. The van der Waals surface area contributed by atoms with Crippen LogP contribution in [-0.4, -0.2) is 20.7 Å². The van der Waals surface area contributed by atoms with Gasteiger partial charge in [0.05, 0.1) is 5.69 Å². The van der Waals surface area contributed by atoms with Gasteiger partial charge >= 0.3 is 0 Å². The number of aromatic nitrogens is 3. The molecule has 3 aromatic rings. The van der Waals surface area contributed by atoms with Crippen LogP contribution < -0.4 is 5.32 Å². The fourth-order valence-corrected chi connectivity index (χ4v) is 2.69. The molecular formula is C17H18N4O2. The van der Waals surface area contributed by atoms with Crippen molar-refractivity contribution in [3.05, 3.63) is 47.6 Å². The van der Waals surface area contributed by atoms with Gasteiger partial charge in [0.2, 0.25) is 5.89 Å². The predicted molar refractivity (Wildman–Crippen MR) is 85.1 cm³/mol. The van der Waals surface area contributed by atoms with E-state index in [-0.39, 0.29) is 11.9 Å². The van der Waals surface area contributed by atoms with Crippen LogP contribution in [0.1, 0.15) is 53.8 Å². The van der Waals surface area contributed by atoms with Gasteiger partial charge in [-0.2, -0.15) is 5.10 Å². The summed E-state index contributed by atoms with van der Waals surface area (Å²) in [6.45, 7) is 1.86. The van der Waals surface area contributed by atoms with Crippen LogP contribution in [0.25, 0.3) is 11.1 Å². The lowest BCUT2D eigenvalue weighted by Crippen LogP contribution is -2.28. The van der Waals surface area contributed by atoms with Gasteiger partial charge in [0.1, 0.15) is 17.3 Å². The number of carbonyl (C=O) groups is 1. The number of para-hydroxylation sites is 2. The third kappa shape index (κ3) is 2.60. The van der Waals surface area contributed by atoms with Crippen LogP contribution >= 0.6 is 0 Å². The fourth-order valence-electron chi connectivity index (χ4n) is 2.69. The van der Waals surface area contributed by atoms with E-state index in [0.29, 0.717) is 17.5 Å². The maximum absolute atomic E-state index is 12.5. The van der Waals surface area contributed by atoms with Crippen molar-refractivity contribution in [3.8, 4) is 0 Å². The third-order valence-electron chi connectivity index (χ3n) is 4.16. The molecule has 1 aliphatic carbocycles. The number of carbonyl (C=O) groups excluding carboxylic acids is 1. The molecule has 0 aliphatic heterocycles. The molecule has 6 nitrogen and oxygen atoms in total. The lowest BCUT2D eigenvalue weighted by Gasteiger charge is -2.10. The van der Waals surface area contributed by atoms with Crippen LogP contribution in [0.5, 0.6) is 0 Å². The summed E-state index contributed by atoms with van der Waals surface area (Å²) in [5.74, 6) is 0.864. The molecule has 0 saturated heterocycles. The maximum Gasteiger partial charge on any atom is 0.270 e. The van der Waals surface area contributed by atoms with Crippen molar-refractivity contribution in [1.82, 2.24) is 20.1 Å². The quantitative estimate of drug-likeness (QED) is 0.804. The number of nitrogens with one attached hydrogen (secondary N) is 1. The number of rotatable bonds is 4. The highest BCUT2D eigenvalue weighted by Gasteiger charge is 2.28. The minimum atomic E-state index is -0.311. The SMILES string of the molecule is CC(NC(=O)c1cc(C2CC2)nn1C)c1nc2ccccc2o1. The predicted octanol–water partition coefficient (Wildman–Crippen LogP) is 2.93. The monoisotopic (exact) mass is 310 g/mol. The van der Waals surface area contributed by atoms with Crippen molar-refractivity contribution in [2.75, 3.05) is 0 Å². The normalized spacial score (nSPS) is 15.7. The largest absolute Gasteiger partial charge is 0.438 e. The van der Waals surface area contributed by atoms with E-state index < -0.39 is 0 Å². The molecule has 23 heavy (non-hydrogen) atoms. The van der Waals surface area contributed by atoms with Gasteiger partial charge in [-0.3, -0.25) is 9.48 Å². The Morgan fingerprint density at radius 1 is 1.39 bits per heavy atom. The summed E-state index contributed by atoms with van der Waals surface area (Å²) in [4.78, 5) is 16.9. The van der Waals surface area contributed by atoms with Gasteiger partial charge < -0.3 is 9.73 Å². The molecule has 2 heterocycles. The van der Waals surface area contributed by atoms with Crippen LogP contribution in [0.2, 0.25) is 0 Å². The lowest BCUT2D eigenvalue weighted by molar-refractivity contribution is 0.0925. The lowest BCUT2D eigenvalue weighted by atomic mass is 10.2. The Balaban J connectivity index is 1.53. The van der Waals surface area contributed by atoms with Gasteiger partial charge in [-0.15, -0.1) is 0 Å². The molecule has 118 valence electrons. The molecule has 1 unspecified atom stereocenters. The van der Waals surface area contributed by atoms with Crippen molar-refractivity contribution in [2.24, 2.45) is 7.05 Å². The first-order chi connectivity index (χ1) is 11.1. The van der Waals surface area contributed by atoms with E-state index >= 15 is 0 Å². The number of aryl methyl sites for hydroxylation is 1. The Bertz CT molecular complexity index is 843. The highest BCUT2D eigenvalue weighted by Crippen LogP contribution is 2.39. The standard InChI is InChI=1S/C17H18N4O2/c1-10(17-19-12-5-3-4-6-15(12)23-17)18-16(22)14-9-13(11-7-8-11)20-21(14)2/h3-6,9-11H,7-8H2,1-2H3,(H,18,22). The Morgan fingerprint density at radius 3 is 2.91 bits per heavy atom. The van der Waals surface area contributed by atoms with Crippen molar-refractivity contribution < 1.29 is 9.21 Å². The van der Waals surface area contributed by atoms with Gasteiger partial charge in [0, 0.05) is 13.0 Å². The summed E-state index contributed by atoms with van der Waals surface area (Å²) < 4.78 is 7.34. The molecule has 1 N–H and O–H groups in total. The van der Waals surface area contributed by atoms with Crippen molar-refractivity contribution in [1.29, 1.82) is 0 Å². The molecule has 1 atom stereocenters. The zero-order chi connectivity index (χ0) is 16.0. The van der Waals surface area contributed by atoms with Gasteiger partial charge in [-0.1, -0.05) is 12.1 Å². The molecule has 0 spiro atoms. The highest BCUT2D eigenvalue weighted by atomic mass is 16.3. The molecule has 1 saturated carbocycles. The Labute approximate surface area is 133 Å². The maximum atomic E-state index is 12.5. The average Bonchev–Trinajstić information content (AvgIpc) is 3.17. The van der Waals surface area contributed by atoms with Gasteiger partial charge in [0.15, 0.2) is 5.58 Å². The molecule has 1 aliphatic rings. The molecule has 1 amide bonds. The second kappa shape index (κ2) is 5.22. The van der Waals surface area contributed by atoms with Crippen LogP contribution in [0, 0.1) is 0 Å². The van der Waals surface area contributed by atoms with E-state index in [2.05, 4.69) is 15.4 Å². The first kappa shape index (κ1) is 14.0. The Kier molecular flexibility index (Phi) is 3.18. The number of hydrogen-bond acceptors (Lipinski definition) is 4. The summed E-state index contributed by atoms with van der Waals surface area (Å²) in [5, 5.41) is 7.36. The minimum absolute atomic E-state index is 0.165. The first-order valence-corrected chi connectivity index (χ1v) is 7.82. The van der Waals surface area contributed by atoms with Crippen LogP contribution in [0.4, 0.5) is 0 Å². The minimum Gasteiger partial charge on any atom is -0.438 e. The average molecular weight is 310 g/mol. The van der Waals surface area contributed by atoms with Crippen molar-refractivity contribution in [3.63, 3.8) is 0 Å². The molecule has 0 radical (unpaired) electrons. The van der Waals surface area contributed by atoms with Crippen molar-refractivity contribution >= 4 is 17.0 Å². The molecule has 6 heteroatoms.